The van der Waals surface area contributed by atoms with Gasteiger partial charge in [0.1, 0.15) is 11.4 Å². The van der Waals surface area contributed by atoms with Crippen molar-refractivity contribution in [1.29, 1.82) is 0 Å². The van der Waals surface area contributed by atoms with Crippen molar-refractivity contribution in [2.24, 2.45) is 5.92 Å². The van der Waals surface area contributed by atoms with Crippen LogP contribution in [0.3, 0.4) is 0 Å². The highest BCUT2D eigenvalue weighted by Gasteiger charge is 2.47. The Hall–Kier alpha value is -1.34. The highest BCUT2D eigenvalue weighted by atomic mass is 35.5. The molecule has 5 nitrogen and oxygen atoms in total. The van der Waals surface area contributed by atoms with Crippen LogP contribution < -0.4 is 4.72 Å². The molecule has 0 amide bonds. The molecule has 7 heteroatoms. The molecule has 0 spiro atoms. The predicted molar refractivity (Wildman–Crippen MR) is 87.4 cm³/mol. The van der Waals surface area contributed by atoms with E-state index in [4.69, 9.17) is 16.0 Å². The molecule has 3 rings (SSSR count). The fourth-order valence-electron chi connectivity index (χ4n) is 2.59. The highest BCUT2D eigenvalue weighted by Crippen LogP contribution is 2.45. The second-order valence-corrected chi connectivity index (χ2v) is 8.13. The van der Waals surface area contributed by atoms with Gasteiger partial charge in [0.05, 0.1) is 12.0 Å². The molecule has 1 aromatic carbocycles. The van der Waals surface area contributed by atoms with Gasteiger partial charge in [-0.2, -0.15) is 0 Å². The van der Waals surface area contributed by atoms with E-state index in [1.54, 1.807) is 36.4 Å². The summed E-state index contributed by atoms with van der Waals surface area (Å²) < 4.78 is 32.3. The van der Waals surface area contributed by atoms with Crippen LogP contribution in [0.2, 0.25) is 5.02 Å². The summed E-state index contributed by atoms with van der Waals surface area (Å²) in [5, 5.41) is 11.4. The van der Waals surface area contributed by atoms with Gasteiger partial charge < -0.3 is 9.52 Å². The van der Waals surface area contributed by atoms with E-state index in [9.17, 15) is 13.5 Å². The van der Waals surface area contributed by atoms with Gasteiger partial charge >= 0.3 is 0 Å². The topological polar surface area (TPSA) is 79.5 Å². The van der Waals surface area contributed by atoms with Crippen LogP contribution in [0.4, 0.5) is 0 Å². The van der Waals surface area contributed by atoms with Crippen molar-refractivity contribution in [3.63, 3.8) is 0 Å². The van der Waals surface area contributed by atoms with Crippen molar-refractivity contribution in [2.75, 3.05) is 6.54 Å². The number of aliphatic hydroxyl groups is 1. The van der Waals surface area contributed by atoms with Gasteiger partial charge in [-0.25, -0.2) is 13.1 Å². The Labute approximate surface area is 140 Å². The van der Waals surface area contributed by atoms with Crippen LogP contribution in [-0.4, -0.2) is 20.1 Å². The first-order chi connectivity index (χ1) is 10.9. The minimum Gasteiger partial charge on any atom is -0.466 e. The average Bonchev–Trinajstić information content (AvgIpc) is 3.22. The first-order valence-corrected chi connectivity index (χ1v) is 9.40. The Morgan fingerprint density at radius 3 is 2.52 bits per heavy atom. The number of furan rings is 1. The van der Waals surface area contributed by atoms with E-state index in [2.05, 4.69) is 4.72 Å². The highest BCUT2D eigenvalue weighted by molar-refractivity contribution is 7.88. The second kappa shape index (κ2) is 6.28. The van der Waals surface area contributed by atoms with Crippen LogP contribution >= 0.6 is 11.6 Å². The lowest BCUT2D eigenvalue weighted by Gasteiger charge is -2.26. The summed E-state index contributed by atoms with van der Waals surface area (Å²) in [6, 6.07) is 9.99. The van der Waals surface area contributed by atoms with E-state index in [1.807, 2.05) is 0 Å². The second-order valence-electron chi connectivity index (χ2n) is 5.88. The lowest BCUT2D eigenvalue weighted by Crippen LogP contribution is -2.42. The molecule has 1 saturated carbocycles. The largest absolute Gasteiger partial charge is 0.466 e. The van der Waals surface area contributed by atoms with E-state index >= 15 is 0 Å². The Bertz CT molecular complexity index is 754. The molecule has 2 aromatic rings. The van der Waals surface area contributed by atoms with Crippen molar-refractivity contribution >= 4 is 21.6 Å². The summed E-state index contributed by atoms with van der Waals surface area (Å²) in [6.07, 6.45) is 3.19. The molecule has 23 heavy (non-hydrogen) atoms. The van der Waals surface area contributed by atoms with Gasteiger partial charge in [0.2, 0.25) is 10.0 Å². The maximum absolute atomic E-state index is 12.3. The normalized spacial score (nSPS) is 17.8. The molecule has 1 heterocycles. The van der Waals surface area contributed by atoms with Crippen molar-refractivity contribution in [1.82, 2.24) is 4.72 Å². The summed E-state index contributed by atoms with van der Waals surface area (Å²) >= 11 is 5.79. The minimum atomic E-state index is -3.57. The molecule has 0 radical (unpaired) electrons. The summed E-state index contributed by atoms with van der Waals surface area (Å²) in [5.41, 5.74) is -0.661. The van der Waals surface area contributed by atoms with Crippen molar-refractivity contribution in [3.05, 3.63) is 59.0 Å². The first kappa shape index (κ1) is 16.5. The Morgan fingerprint density at radius 1 is 1.26 bits per heavy atom. The SMILES string of the molecule is O=S(=O)(Cc1ccc(Cl)cc1)NCC(O)(c1ccco1)C1CC1. The van der Waals surface area contributed by atoms with Crippen LogP contribution in [-0.2, 0) is 21.4 Å². The fraction of sp³-hybridized carbons (Fsp3) is 0.375. The summed E-state index contributed by atoms with van der Waals surface area (Å²) in [5.74, 6) is 0.254. The Balaban J connectivity index is 1.69. The molecule has 0 aliphatic heterocycles. The third kappa shape index (κ3) is 3.95. The van der Waals surface area contributed by atoms with Crippen LogP contribution in [0, 0.1) is 5.92 Å². The molecule has 1 fully saturated rings. The van der Waals surface area contributed by atoms with E-state index in [0.717, 1.165) is 12.8 Å². The molecule has 124 valence electrons. The van der Waals surface area contributed by atoms with Gasteiger partial charge in [-0.05, 0) is 48.6 Å². The van der Waals surface area contributed by atoms with Gasteiger partial charge in [-0.1, -0.05) is 23.7 Å². The zero-order valence-electron chi connectivity index (χ0n) is 12.4. The van der Waals surface area contributed by atoms with Gasteiger partial charge in [0, 0.05) is 11.6 Å². The molecule has 1 atom stereocenters. The number of rotatable bonds is 7. The van der Waals surface area contributed by atoms with Gasteiger partial charge in [0.15, 0.2) is 0 Å². The number of sulfonamides is 1. The molecular formula is C16H18ClNO4S. The third-order valence-corrected chi connectivity index (χ3v) is 5.58. The molecular weight excluding hydrogens is 338 g/mol. The number of halogens is 1. The molecule has 0 bridgehead atoms. The molecule has 1 aromatic heterocycles. The van der Waals surface area contributed by atoms with Crippen molar-refractivity contribution in [2.45, 2.75) is 24.2 Å². The number of benzene rings is 1. The lowest BCUT2D eigenvalue weighted by molar-refractivity contribution is -0.00225. The summed E-state index contributed by atoms with van der Waals surface area (Å²) in [4.78, 5) is 0. The Kier molecular flexibility index (Phi) is 4.51. The number of hydrogen-bond acceptors (Lipinski definition) is 4. The standard InChI is InChI=1S/C16H18ClNO4S/c17-14-7-3-12(4-8-14)10-23(20,21)18-11-16(19,13-5-6-13)15-2-1-9-22-15/h1-4,7-9,13,18-19H,5-6,10-11H2. The van der Waals surface area contributed by atoms with Crippen molar-refractivity contribution in [3.8, 4) is 0 Å². The zero-order chi connectivity index (χ0) is 16.5. The van der Waals surface area contributed by atoms with Gasteiger partial charge in [-0.15, -0.1) is 0 Å². The monoisotopic (exact) mass is 355 g/mol. The maximum atomic E-state index is 12.3. The summed E-state index contributed by atoms with van der Waals surface area (Å²) in [6.45, 7) is -0.0961. The van der Waals surface area contributed by atoms with E-state index in [1.165, 1.54) is 6.26 Å². The molecule has 1 aliphatic carbocycles. The van der Waals surface area contributed by atoms with Gasteiger partial charge in [0.25, 0.3) is 0 Å². The smallest absolute Gasteiger partial charge is 0.215 e. The lowest BCUT2D eigenvalue weighted by atomic mass is 9.95. The van der Waals surface area contributed by atoms with Crippen LogP contribution in [0.1, 0.15) is 24.2 Å². The van der Waals surface area contributed by atoms with Crippen LogP contribution in [0.15, 0.2) is 47.1 Å². The first-order valence-electron chi connectivity index (χ1n) is 7.37. The molecule has 0 saturated heterocycles. The molecule has 1 aliphatic rings. The minimum absolute atomic E-state index is 0.0203. The van der Waals surface area contributed by atoms with Crippen molar-refractivity contribution < 1.29 is 17.9 Å². The van der Waals surface area contributed by atoms with Crippen LogP contribution in [0.25, 0.3) is 0 Å². The maximum Gasteiger partial charge on any atom is 0.215 e. The molecule has 2 N–H and O–H groups in total. The Morgan fingerprint density at radius 2 is 1.96 bits per heavy atom. The van der Waals surface area contributed by atoms with E-state index in [-0.39, 0.29) is 18.2 Å². The number of hydrogen-bond donors (Lipinski definition) is 2. The van der Waals surface area contributed by atoms with Crippen LogP contribution in [0.5, 0.6) is 0 Å². The zero-order valence-corrected chi connectivity index (χ0v) is 14.0. The summed E-state index contributed by atoms with van der Waals surface area (Å²) in [7, 11) is -3.57. The molecule has 1 unspecified atom stereocenters. The quantitative estimate of drug-likeness (QED) is 0.800. The average molecular weight is 356 g/mol. The van der Waals surface area contributed by atoms with E-state index < -0.39 is 15.6 Å². The fourth-order valence-corrected chi connectivity index (χ4v) is 3.89. The van der Waals surface area contributed by atoms with Gasteiger partial charge in [-0.3, -0.25) is 0 Å². The number of nitrogens with one attached hydrogen (secondary N) is 1. The third-order valence-electron chi connectivity index (χ3n) is 4.03. The predicted octanol–water partition coefficient (Wildman–Crippen LogP) is 2.65. The van der Waals surface area contributed by atoms with E-state index in [0.29, 0.717) is 16.3 Å².